The lowest BCUT2D eigenvalue weighted by atomic mass is 9.96. The average molecular weight is 485 g/mol. The Morgan fingerprint density at radius 3 is 2.74 bits per heavy atom. The first-order chi connectivity index (χ1) is 12.8. The van der Waals surface area contributed by atoms with Crippen LogP contribution < -0.4 is 15.4 Å². The Kier molecular flexibility index (Phi) is 7.64. The average Bonchev–Trinajstić information content (AvgIpc) is 3.29. The molecule has 1 aromatic rings. The Balaban J connectivity index is 0.00000210. The van der Waals surface area contributed by atoms with Crippen LogP contribution in [0.5, 0.6) is 5.75 Å². The molecule has 1 aliphatic carbocycles. The standard InChI is InChI=1S/C21H31N3O2.HI/c1-22-21(24-19-13-18-10-11-20(19)26-18)23-14-15-6-5-9-17(12-15)25-16-7-3-2-4-8-16;/h5-6,9,12,16,18-20H,2-4,7-8,10-11,13-14H2,1H3,(H2,22,23,24);1H. The van der Waals surface area contributed by atoms with Crippen LogP contribution in [0.2, 0.25) is 0 Å². The monoisotopic (exact) mass is 485 g/mol. The highest BCUT2D eigenvalue weighted by molar-refractivity contribution is 14.0. The number of guanidine groups is 1. The highest BCUT2D eigenvalue weighted by atomic mass is 127. The van der Waals surface area contributed by atoms with Crippen molar-refractivity contribution in [2.45, 2.75) is 82.3 Å². The van der Waals surface area contributed by atoms with E-state index >= 15 is 0 Å². The van der Waals surface area contributed by atoms with E-state index in [9.17, 15) is 0 Å². The molecule has 0 aromatic heterocycles. The molecule has 2 aliphatic heterocycles. The first kappa shape index (κ1) is 20.7. The number of benzene rings is 1. The topological polar surface area (TPSA) is 54.9 Å². The van der Waals surface area contributed by atoms with Gasteiger partial charge in [-0.2, -0.15) is 0 Å². The van der Waals surface area contributed by atoms with Gasteiger partial charge in [-0.3, -0.25) is 4.99 Å². The van der Waals surface area contributed by atoms with Crippen molar-refractivity contribution >= 4 is 29.9 Å². The first-order valence-electron chi connectivity index (χ1n) is 10.2. The van der Waals surface area contributed by atoms with Gasteiger partial charge in [-0.15, -0.1) is 24.0 Å². The van der Waals surface area contributed by atoms with Crippen LogP contribution in [0.15, 0.2) is 29.3 Å². The second-order valence-corrected chi connectivity index (χ2v) is 7.81. The summed E-state index contributed by atoms with van der Waals surface area (Å²) < 4.78 is 12.1. The van der Waals surface area contributed by atoms with E-state index in [1.165, 1.54) is 50.5 Å². The Morgan fingerprint density at radius 2 is 2.04 bits per heavy atom. The van der Waals surface area contributed by atoms with Crippen molar-refractivity contribution in [1.82, 2.24) is 10.6 Å². The largest absolute Gasteiger partial charge is 0.490 e. The highest BCUT2D eigenvalue weighted by Gasteiger charge is 2.41. The van der Waals surface area contributed by atoms with Crippen LogP contribution in [-0.4, -0.2) is 37.4 Å². The summed E-state index contributed by atoms with van der Waals surface area (Å²) in [4.78, 5) is 4.37. The van der Waals surface area contributed by atoms with Gasteiger partial charge in [-0.25, -0.2) is 0 Å². The minimum atomic E-state index is 0. The number of hydrogen-bond acceptors (Lipinski definition) is 3. The molecule has 0 amide bonds. The number of rotatable bonds is 5. The van der Waals surface area contributed by atoms with Crippen molar-refractivity contribution < 1.29 is 9.47 Å². The molecular formula is C21H32IN3O2. The fourth-order valence-corrected chi connectivity index (χ4v) is 4.45. The van der Waals surface area contributed by atoms with Crippen molar-refractivity contribution in [2.75, 3.05) is 7.05 Å². The summed E-state index contributed by atoms with van der Waals surface area (Å²) in [6.45, 7) is 0.739. The molecular weight excluding hydrogens is 453 g/mol. The molecule has 3 aliphatic rings. The molecule has 0 radical (unpaired) electrons. The van der Waals surface area contributed by atoms with Gasteiger partial charge in [0.05, 0.1) is 24.4 Å². The Hall–Kier alpha value is -1.02. The van der Waals surface area contributed by atoms with Gasteiger partial charge < -0.3 is 20.1 Å². The summed E-state index contributed by atoms with van der Waals surface area (Å²) in [5.74, 6) is 1.84. The van der Waals surface area contributed by atoms with Gasteiger partial charge in [0.2, 0.25) is 0 Å². The zero-order chi connectivity index (χ0) is 17.8. The van der Waals surface area contributed by atoms with E-state index in [1.807, 2.05) is 7.05 Å². The lowest BCUT2D eigenvalue weighted by Crippen LogP contribution is -2.47. The zero-order valence-electron chi connectivity index (χ0n) is 16.2. The van der Waals surface area contributed by atoms with E-state index in [2.05, 4.69) is 39.9 Å². The molecule has 6 heteroatoms. The molecule has 4 rings (SSSR count). The van der Waals surface area contributed by atoms with Crippen molar-refractivity contribution in [3.8, 4) is 5.75 Å². The van der Waals surface area contributed by atoms with Crippen LogP contribution >= 0.6 is 24.0 Å². The molecule has 1 aromatic carbocycles. The van der Waals surface area contributed by atoms with E-state index in [0.717, 1.165) is 24.7 Å². The maximum Gasteiger partial charge on any atom is 0.191 e. The lowest BCUT2D eigenvalue weighted by Gasteiger charge is -2.24. The van der Waals surface area contributed by atoms with E-state index < -0.39 is 0 Å². The molecule has 2 N–H and O–H groups in total. The van der Waals surface area contributed by atoms with Crippen LogP contribution in [0.1, 0.15) is 56.9 Å². The number of nitrogens with zero attached hydrogens (tertiary/aromatic N) is 1. The summed E-state index contributed by atoms with van der Waals surface area (Å²) in [6, 6.07) is 8.82. The van der Waals surface area contributed by atoms with Gasteiger partial charge >= 0.3 is 0 Å². The first-order valence-corrected chi connectivity index (χ1v) is 10.2. The molecule has 5 nitrogen and oxygen atoms in total. The number of nitrogens with one attached hydrogen (secondary N) is 2. The van der Waals surface area contributed by atoms with Crippen LogP contribution in [0.4, 0.5) is 0 Å². The van der Waals surface area contributed by atoms with Crippen LogP contribution in [0.3, 0.4) is 0 Å². The molecule has 150 valence electrons. The van der Waals surface area contributed by atoms with Gasteiger partial charge in [-0.05, 0) is 62.6 Å². The SMILES string of the molecule is CN=C(NCc1cccc(OC2CCCCC2)c1)NC1CC2CCC1O2.I. The van der Waals surface area contributed by atoms with Crippen molar-refractivity contribution in [3.63, 3.8) is 0 Å². The van der Waals surface area contributed by atoms with Crippen molar-refractivity contribution in [1.29, 1.82) is 0 Å². The van der Waals surface area contributed by atoms with Gasteiger partial charge in [0, 0.05) is 13.6 Å². The maximum atomic E-state index is 6.18. The molecule has 27 heavy (non-hydrogen) atoms. The summed E-state index contributed by atoms with van der Waals surface area (Å²) >= 11 is 0. The fourth-order valence-electron chi connectivity index (χ4n) is 4.45. The predicted octanol–water partition coefficient (Wildman–Crippen LogP) is 4.00. The third-order valence-electron chi connectivity index (χ3n) is 5.87. The third-order valence-corrected chi connectivity index (χ3v) is 5.87. The quantitative estimate of drug-likeness (QED) is 0.376. The second-order valence-electron chi connectivity index (χ2n) is 7.81. The molecule has 2 bridgehead atoms. The van der Waals surface area contributed by atoms with Crippen molar-refractivity contribution in [2.24, 2.45) is 4.99 Å². The minimum Gasteiger partial charge on any atom is -0.490 e. The summed E-state index contributed by atoms with van der Waals surface area (Å²) in [5, 5.41) is 6.96. The summed E-state index contributed by atoms with van der Waals surface area (Å²) in [7, 11) is 1.83. The van der Waals surface area contributed by atoms with Gasteiger partial charge in [-0.1, -0.05) is 18.6 Å². The third kappa shape index (κ3) is 5.50. The number of aliphatic imine (C=N–C) groups is 1. The molecule has 3 unspecified atom stereocenters. The lowest BCUT2D eigenvalue weighted by molar-refractivity contribution is 0.0992. The highest BCUT2D eigenvalue weighted by Crippen LogP contribution is 2.34. The van der Waals surface area contributed by atoms with Gasteiger partial charge in [0.1, 0.15) is 5.75 Å². The number of fused-ring (bicyclic) bond motifs is 2. The molecule has 1 saturated carbocycles. The van der Waals surface area contributed by atoms with Crippen molar-refractivity contribution in [3.05, 3.63) is 29.8 Å². The van der Waals surface area contributed by atoms with Gasteiger partial charge in [0.25, 0.3) is 0 Å². The Labute approximate surface area is 179 Å². The normalized spacial score (nSPS) is 27.9. The molecule has 0 spiro atoms. The van der Waals surface area contributed by atoms with Crippen LogP contribution in [-0.2, 0) is 11.3 Å². The summed E-state index contributed by atoms with van der Waals surface area (Å²) in [5.41, 5.74) is 1.21. The second kappa shape index (κ2) is 9.96. The Morgan fingerprint density at radius 1 is 1.19 bits per heavy atom. The molecule has 3 fully saturated rings. The maximum absolute atomic E-state index is 6.18. The number of ether oxygens (including phenoxy) is 2. The number of halogens is 1. The minimum absolute atomic E-state index is 0. The fraction of sp³-hybridized carbons (Fsp3) is 0.667. The van der Waals surface area contributed by atoms with E-state index in [1.54, 1.807) is 0 Å². The van der Waals surface area contributed by atoms with Crippen LogP contribution in [0, 0.1) is 0 Å². The molecule has 3 atom stereocenters. The van der Waals surface area contributed by atoms with E-state index in [4.69, 9.17) is 9.47 Å². The Bertz CT molecular complexity index is 634. The number of hydrogen-bond donors (Lipinski definition) is 2. The summed E-state index contributed by atoms with van der Waals surface area (Å²) in [6.07, 6.45) is 11.0. The molecule has 2 heterocycles. The molecule has 2 saturated heterocycles. The zero-order valence-corrected chi connectivity index (χ0v) is 18.5. The van der Waals surface area contributed by atoms with Crippen LogP contribution in [0.25, 0.3) is 0 Å². The van der Waals surface area contributed by atoms with E-state index in [-0.39, 0.29) is 24.0 Å². The smallest absolute Gasteiger partial charge is 0.191 e. The van der Waals surface area contributed by atoms with E-state index in [0.29, 0.717) is 24.4 Å². The predicted molar refractivity (Wildman–Crippen MR) is 119 cm³/mol. The van der Waals surface area contributed by atoms with Gasteiger partial charge in [0.15, 0.2) is 5.96 Å².